The zero-order valence-corrected chi connectivity index (χ0v) is 15.1. The van der Waals surface area contributed by atoms with E-state index in [0.29, 0.717) is 24.7 Å². The van der Waals surface area contributed by atoms with Crippen molar-refractivity contribution in [1.82, 2.24) is 10.3 Å². The van der Waals surface area contributed by atoms with Crippen LogP contribution in [0.25, 0.3) is 11.1 Å². The summed E-state index contributed by atoms with van der Waals surface area (Å²) in [7, 11) is 1.81. The van der Waals surface area contributed by atoms with Gasteiger partial charge in [0, 0.05) is 11.8 Å². The van der Waals surface area contributed by atoms with Crippen LogP contribution in [0.3, 0.4) is 0 Å². The highest BCUT2D eigenvalue weighted by atomic mass is 19.4. The summed E-state index contributed by atoms with van der Waals surface area (Å²) in [5.74, 6) is 0.684. The lowest BCUT2D eigenvalue weighted by Gasteiger charge is -2.17. The van der Waals surface area contributed by atoms with Crippen molar-refractivity contribution in [2.75, 3.05) is 13.7 Å². The molecule has 0 unspecified atom stereocenters. The molecule has 28 heavy (non-hydrogen) atoms. The van der Waals surface area contributed by atoms with Crippen LogP contribution in [-0.4, -0.2) is 24.2 Å². The van der Waals surface area contributed by atoms with Crippen molar-refractivity contribution in [2.24, 2.45) is 5.92 Å². The summed E-state index contributed by atoms with van der Waals surface area (Å²) in [5, 5.41) is 3.17. The van der Waals surface area contributed by atoms with E-state index >= 15 is 0 Å². The van der Waals surface area contributed by atoms with Crippen LogP contribution in [0.5, 0.6) is 5.75 Å². The number of nitrogens with zero attached hydrogens (tertiary/aromatic N) is 1. The second-order valence-electron chi connectivity index (χ2n) is 7.00. The van der Waals surface area contributed by atoms with Gasteiger partial charge in [0.2, 0.25) is 0 Å². The lowest BCUT2D eigenvalue weighted by atomic mass is 10.00. The van der Waals surface area contributed by atoms with Crippen LogP contribution in [0.2, 0.25) is 0 Å². The zero-order valence-electron chi connectivity index (χ0n) is 15.1. The molecule has 0 amide bonds. The highest BCUT2D eigenvalue weighted by Gasteiger charge is 2.50. The molecule has 0 radical (unpaired) electrons. The largest absolute Gasteiger partial charge is 0.490 e. The van der Waals surface area contributed by atoms with E-state index in [9.17, 15) is 26.3 Å². The number of nitrogens with one attached hydrogen (secondary N) is 1. The molecule has 0 aliphatic heterocycles. The number of halogens is 6. The van der Waals surface area contributed by atoms with Crippen molar-refractivity contribution >= 4 is 0 Å². The quantitative estimate of drug-likeness (QED) is 0.699. The Hall–Kier alpha value is -2.29. The number of hydrogen-bond donors (Lipinski definition) is 1. The van der Waals surface area contributed by atoms with E-state index in [1.54, 1.807) is 0 Å². The van der Waals surface area contributed by atoms with E-state index in [1.807, 2.05) is 7.05 Å². The van der Waals surface area contributed by atoms with Gasteiger partial charge in [0.25, 0.3) is 0 Å². The molecule has 1 aromatic carbocycles. The van der Waals surface area contributed by atoms with E-state index in [-0.39, 0.29) is 28.5 Å². The second kappa shape index (κ2) is 6.95. The molecule has 152 valence electrons. The van der Waals surface area contributed by atoms with Crippen molar-refractivity contribution in [1.29, 1.82) is 0 Å². The number of ether oxygens (including phenoxy) is 1. The average molecular weight is 404 g/mol. The minimum Gasteiger partial charge on any atom is -0.490 e. The molecule has 0 saturated heterocycles. The molecule has 3 nitrogen and oxygen atoms in total. The van der Waals surface area contributed by atoms with E-state index in [2.05, 4.69) is 17.2 Å². The minimum atomic E-state index is -4.90. The fourth-order valence-electron chi connectivity index (χ4n) is 3.10. The minimum absolute atomic E-state index is 0.0996. The Balaban J connectivity index is 1.92. The Bertz CT molecular complexity index is 828. The second-order valence-corrected chi connectivity index (χ2v) is 7.00. The Morgan fingerprint density at radius 3 is 2.04 bits per heavy atom. The molecule has 1 fully saturated rings. The maximum Gasteiger partial charge on any atom is 0.416 e. The lowest BCUT2D eigenvalue weighted by Crippen LogP contribution is -2.36. The third-order valence-corrected chi connectivity index (χ3v) is 5.08. The van der Waals surface area contributed by atoms with E-state index in [0.717, 1.165) is 6.42 Å². The van der Waals surface area contributed by atoms with Crippen LogP contribution in [0, 0.1) is 5.92 Å². The number of rotatable bonds is 5. The fourth-order valence-corrected chi connectivity index (χ4v) is 3.10. The van der Waals surface area contributed by atoms with Crippen LogP contribution >= 0.6 is 0 Å². The van der Waals surface area contributed by atoms with Crippen LogP contribution in [0.1, 0.15) is 24.5 Å². The Labute approximate surface area is 157 Å². The summed E-state index contributed by atoms with van der Waals surface area (Å²) in [6.07, 6.45) is -6.31. The van der Waals surface area contributed by atoms with Crippen molar-refractivity contribution < 1.29 is 31.1 Å². The number of hydrogen-bond acceptors (Lipinski definition) is 3. The summed E-state index contributed by atoms with van der Waals surface area (Å²) >= 11 is 0. The van der Waals surface area contributed by atoms with Gasteiger partial charge < -0.3 is 10.1 Å². The number of alkyl halides is 6. The van der Waals surface area contributed by atoms with E-state index in [4.69, 9.17) is 4.74 Å². The first kappa shape index (κ1) is 20.4. The topological polar surface area (TPSA) is 34.1 Å². The van der Waals surface area contributed by atoms with Gasteiger partial charge in [-0.1, -0.05) is 6.92 Å². The maximum absolute atomic E-state index is 13.1. The number of aromatic nitrogens is 1. The fraction of sp³-hybridized carbons (Fsp3) is 0.421. The number of likely N-dealkylation sites (N-methyl/N-ethyl adjacent to an activating group) is 1. The van der Waals surface area contributed by atoms with Gasteiger partial charge in [-0.3, -0.25) is 4.98 Å². The Morgan fingerprint density at radius 1 is 1.00 bits per heavy atom. The van der Waals surface area contributed by atoms with Gasteiger partial charge >= 0.3 is 12.4 Å². The predicted octanol–water partition coefficient (Wildman–Crippen LogP) is 5.16. The van der Waals surface area contributed by atoms with Gasteiger partial charge in [0.05, 0.1) is 22.9 Å². The van der Waals surface area contributed by atoms with Crippen LogP contribution in [0.15, 0.2) is 36.7 Å². The molecule has 1 N–H and O–H groups in total. The average Bonchev–Trinajstić information content (AvgIpc) is 3.29. The van der Waals surface area contributed by atoms with E-state index < -0.39 is 23.5 Å². The normalized spacial score (nSPS) is 22.2. The monoisotopic (exact) mass is 404 g/mol. The molecule has 1 heterocycles. The van der Waals surface area contributed by atoms with Crippen LogP contribution in [0.4, 0.5) is 26.3 Å². The molecule has 1 aromatic heterocycles. The van der Waals surface area contributed by atoms with E-state index in [1.165, 1.54) is 18.5 Å². The molecular formula is C19H18F6N2O. The molecule has 1 saturated carbocycles. The number of pyridine rings is 1. The summed E-state index contributed by atoms with van der Waals surface area (Å²) in [6, 6.07) is 2.84. The van der Waals surface area contributed by atoms with Crippen molar-refractivity contribution in [3.63, 3.8) is 0 Å². The maximum atomic E-state index is 13.1. The Morgan fingerprint density at radius 2 is 1.57 bits per heavy atom. The van der Waals surface area contributed by atoms with Gasteiger partial charge in [0.15, 0.2) is 0 Å². The first-order chi connectivity index (χ1) is 12.9. The molecule has 2 aromatic rings. The Kier molecular flexibility index (Phi) is 5.07. The molecule has 0 spiro atoms. The highest BCUT2D eigenvalue weighted by molar-refractivity contribution is 5.66. The summed E-state index contributed by atoms with van der Waals surface area (Å²) in [6.45, 7) is 2.38. The SMILES string of the molecule is CN[C@]1(COc2cncc(-c3cc(C(F)(F)F)cc(C(F)(F)F)c3)c2)C[C@@H]1C. The van der Waals surface area contributed by atoms with Gasteiger partial charge in [0.1, 0.15) is 12.4 Å². The first-order valence-corrected chi connectivity index (χ1v) is 8.51. The third kappa shape index (κ3) is 4.24. The van der Waals surface area contributed by atoms with Crippen molar-refractivity contribution in [3.8, 4) is 16.9 Å². The van der Waals surface area contributed by atoms with Crippen LogP contribution < -0.4 is 10.1 Å². The predicted molar refractivity (Wildman–Crippen MR) is 90.7 cm³/mol. The van der Waals surface area contributed by atoms with Gasteiger partial charge in [-0.2, -0.15) is 26.3 Å². The molecule has 0 bridgehead atoms. The van der Waals surface area contributed by atoms with Gasteiger partial charge in [-0.25, -0.2) is 0 Å². The molecule has 1 aliphatic carbocycles. The molecule has 2 atom stereocenters. The smallest absolute Gasteiger partial charge is 0.416 e. The first-order valence-electron chi connectivity index (χ1n) is 8.51. The molecule has 9 heteroatoms. The van der Waals surface area contributed by atoms with Crippen molar-refractivity contribution in [3.05, 3.63) is 47.8 Å². The molecular weight excluding hydrogens is 386 g/mol. The number of benzene rings is 1. The lowest BCUT2D eigenvalue weighted by molar-refractivity contribution is -0.143. The zero-order chi connectivity index (χ0) is 20.7. The third-order valence-electron chi connectivity index (χ3n) is 5.08. The summed E-state index contributed by atoms with van der Waals surface area (Å²) in [5.41, 5.74) is -3.04. The van der Waals surface area contributed by atoms with Crippen LogP contribution in [-0.2, 0) is 12.4 Å². The molecule has 3 rings (SSSR count). The molecule has 1 aliphatic rings. The standard InChI is InChI=1S/C19H18F6N2O/c1-11-7-17(11,26-2)10-28-16-5-13(8-27-9-16)12-3-14(18(20,21)22)6-15(4-12)19(23,24)25/h3-6,8-9,11,26H,7,10H2,1-2H3/t11-,17-/m0/s1. The van der Waals surface area contributed by atoms with Gasteiger partial charge in [-0.05, 0) is 49.2 Å². The van der Waals surface area contributed by atoms with Crippen molar-refractivity contribution in [2.45, 2.75) is 31.2 Å². The highest BCUT2D eigenvalue weighted by Crippen LogP contribution is 2.43. The van der Waals surface area contributed by atoms with Gasteiger partial charge in [-0.15, -0.1) is 0 Å². The summed E-state index contributed by atoms with van der Waals surface area (Å²) in [4.78, 5) is 3.90. The summed E-state index contributed by atoms with van der Waals surface area (Å²) < 4.78 is 84.0.